The highest BCUT2D eigenvalue weighted by atomic mass is 32.2. The first kappa shape index (κ1) is 21.4. The fourth-order valence-electron chi connectivity index (χ4n) is 4.73. The molecule has 5 rings (SSSR count). The smallest absolute Gasteiger partial charge is 0.269 e. The van der Waals surface area contributed by atoms with Crippen LogP contribution < -0.4 is 4.72 Å². The molecule has 1 N–H and O–H groups in total. The van der Waals surface area contributed by atoms with Crippen LogP contribution in [0, 0.1) is 22.0 Å². The minimum absolute atomic E-state index is 0.142. The number of hydrogen-bond acceptors (Lipinski definition) is 7. The van der Waals surface area contributed by atoms with E-state index in [1.807, 2.05) is 30.3 Å². The molecular formula is C22H19N3O7S. The van der Waals surface area contributed by atoms with Gasteiger partial charge in [-0.3, -0.25) is 24.6 Å². The monoisotopic (exact) mass is 469 g/mol. The molecule has 0 spiro atoms. The van der Waals surface area contributed by atoms with Gasteiger partial charge in [-0.15, -0.1) is 0 Å². The van der Waals surface area contributed by atoms with E-state index in [-0.39, 0.29) is 29.6 Å². The van der Waals surface area contributed by atoms with Crippen LogP contribution in [-0.4, -0.2) is 48.3 Å². The summed E-state index contributed by atoms with van der Waals surface area (Å²) in [6.07, 6.45) is 2.74. The van der Waals surface area contributed by atoms with Crippen LogP contribution in [0.15, 0.2) is 71.6 Å². The predicted octanol–water partition coefficient (Wildman–Crippen LogP) is 1.38. The van der Waals surface area contributed by atoms with Gasteiger partial charge in [0.2, 0.25) is 21.8 Å². The summed E-state index contributed by atoms with van der Waals surface area (Å²) in [7, 11) is -4.04. The summed E-state index contributed by atoms with van der Waals surface area (Å²) in [5.74, 6) is -2.25. The fourth-order valence-corrected chi connectivity index (χ4v) is 5.80. The van der Waals surface area contributed by atoms with Crippen molar-refractivity contribution in [3.05, 3.63) is 82.4 Å². The van der Waals surface area contributed by atoms with Gasteiger partial charge in [0.1, 0.15) is 5.60 Å². The van der Waals surface area contributed by atoms with E-state index in [4.69, 9.17) is 4.74 Å². The van der Waals surface area contributed by atoms with Gasteiger partial charge in [-0.1, -0.05) is 42.5 Å². The number of rotatable bonds is 7. The molecule has 0 radical (unpaired) electrons. The van der Waals surface area contributed by atoms with Gasteiger partial charge in [0, 0.05) is 18.7 Å². The van der Waals surface area contributed by atoms with E-state index in [0.717, 1.165) is 29.8 Å². The number of nitrogens with one attached hydrogen (secondary N) is 1. The molecule has 10 nitrogen and oxygen atoms in total. The van der Waals surface area contributed by atoms with Gasteiger partial charge in [0.25, 0.3) is 5.69 Å². The molecule has 2 amide bonds. The Hall–Kier alpha value is -3.41. The number of amides is 2. The maximum Gasteiger partial charge on any atom is 0.269 e. The van der Waals surface area contributed by atoms with Gasteiger partial charge in [0.05, 0.1) is 34.3 Å². The minimum atomic E-state index is -4.04. The molecule has 3 aliphatic heterocycles. The third kappa shape index (κ3) is 3.45. The lowest BCUT2D eigenvalue weighted by atomic mass is 9.77. The molecule has 2 aromatic carbocycles. The molecule has 2 bridgehead atoms. The van der Waals surface area contributed by atoms with E-state index in [1.54, 1.807) is 12.2 Å². The van der Waals surface area contributed by atoms with E-state index in [1.165, 1.54) is 4.90 Å². The van der Waals surface area contributed by atoms with E-state index in [0.29, 0.717) is 0 Å². The Morgan fingerprint density at radius 3 is 2.42 bits per heavy atom. The number of ether oxygens (including phenoxy) is 1. The molecule has 11 heteroatoms. The van der Waals surface area contributed by atoms with Crippen molar-refractivity contribution in [2.45, 2.75) is 23.1 Å². The van der Waals surface area contributed by atoms with Crippen molar-refractivity contribution in [1.82, 2.24) is 9.62 Å². The Morgan fingerprint density at radius 2 is 1.76 bits per heavy atom. The van der Waals surface area contributed by atoms with Gasteiger partial charge in [-0.2, -0.15) is 0 Å². The van der Waals surface area contributed by atoms with Gasteiger partial charge in [-0.05, 0) is 17.7 Å². The summed E-state index contributed by atoms with van der Waals surface area (Å²) < 4.78 is 33.9. The lowest BCUT2D eigenvalue weighted by Gasteiger charge is -2.29. The number of nitro benzene ring substituents is 1. The molecule has 170 valence electrons. The van der Waals surface area contributed by atoms with Gasteiger partial charge < -0.3 is 4.74 Å². The van der Waals surface area contributed by atoms with Crippen LogP contribution in [0.25, 0.3) is 0 Å². The number of nitro groups is 1. The molecule has 2 saturated heterocycles. The van der Waals surface area contributed by atoms with Gasteiger partial charge in [0.15, 0.2) is 0 Å². The molecule has 0 aromatic heterocycles. The van der Waals surface area contributed by atoms with E-state index in [9.17, 15) is 28.1 Å². The SMILES string of the molecule is O=C1[C@@H]2[C@@H](C(=O)N1Cc1ccccc1)[C@@]1(CNS(=O)(=O)c3ccc([N+](=O)[O-])cc3)C=C[C@H]2O1. The lowest BCUT2D eigenvalue weighted by molar-refractivity contribution is -0.384. The second-order valence-corrected chi connectivity index (χ2v) is 9.99. The zero-order valence-electron chi connectivity index (χ0n) is 17.2. The summed E-state index contributed by atoms with van der Waals surface area (Å²) in [5.41, 5.74) is -0.695. The van der Waals surface area contributed by atoms with E-state index < -0.39 is 44.4 Å². The zero-order chi connectivity index (χ0) is 23.4. The van der Waals surface area contributed by atoms with Crippen LogP contribution in [0.3, 0.4) is 0 Å². The predicted molar refractivity (Wildman–Crippen MR) is 114 cm³/mol. The molecule has 2 fully saturated rings. The van der Waals surface area contributed by atoms with Crippen molar-refractivity contribution >= 4 is 27.5 Å². The molecule has 3 heterocycles. The number of carbonyl (C=O) groups excluding carboxylic acids is 2. The summed E-state index contributed by atoms with van der Waals surface area (Å²) in [6, 6.07) is 13.6. The highest BCUT2D eigenvalue weighted by molar-refractivity contribution is 7.89. The molecule has 0 unspecified atom stereocenters. The minimum Gasteiger partial charge on any atom is -0.361 e. The maximum absolute atomic E-state index is 13.2. The third-order valence-electron chi connectivity index (χ3n) is 6.33. The molecule has 4 atom stereocenters. The lowest BCUT2D eigenvalue weighted by Crippen LogP contribution is -2.48. The quantitative estimate of drug-likeness (QED) is 0.280. The highest BCUT2D eigenvalue weighted by Gasteiger charge is 2.67. The molecular weight excluding hydrogens is 450 g/mol. The number of hydrogen-bond donors (Lipinski definition) is 1. The Kier molecular flexibility index (Phi) is 4.92. The van der Waals surface area contributed by atoms with Crippen molar-refractivity contribution in [2.75, 3.05) is 6.54 Å². The average Bonchev–Trinajstić information content (AvgIpc) is 3.45. The maximum atomic E-state index is 13.2. The first-order valence-electron chi connectivity index (χ1n) is 10.2. The summed E-state index contributed by atoms with van der Waals surface area (Å²) in [5, 5.41) is 10.8. The first-order valence-corrected chi connectivity index (χ1v) is 11.7. The van der Waals surface area contributed by atoms with Gasteiger partial charge >= 0.3 is 0 Å². The number of benzene rings is 2. The van der Waals surface area contributed by atoms with Crippen LogP contribution in [0.2, 0.25) is 0 Å². The second kappa shape index (κ2) is 7.58. The Bertz CT molecular complexity index is 1280. The van der Waals surface area contributed by atoms with Crippen molar-refractivity contribution in [1.29, 1.82) is 0 Å². The normalized spacial score (nSPS) is 27.9. The first-order chi connectivity index (χ1) is 15.7. The molecule has 2 aromatic rings. The summed E-state index contributed by atoms with van der Waals surface area (Å²) in [4.78, 5) is 37.5. The third-order valence-corrected chi connectivity index (χ3v) is 7.74. The van der Waals surface area contributed by atoms with Crippen LogP contribution in [-0.2, 0) is 30.9 Å². The highest BCUT2D eigenvalue weighted by Crippen LogP contribution is 2.51. The van der Waals surface area contributed by atoms with Crippen molar-refractivity contribution in [2.24, 2.45) is 11.8 Å². The molecule has 33 heavy (non-hydrogen) atoms. The van der Waals surface area contributed by atoms with Crippen molar-refractivity contribution in [3.63, 3.8) is 0 Å². The number of non-ortho nitro benzene ring substituents is 1. The summed E-state index contributed by atoms with van der Waals surface area (Å²) >= 11 is 0. The van der Waals surface area contributed by atoms with Crippen LogP contribution in [0.1, 0.15) is 5.56 Å². The van der Waals surface area contributed by atoms with Crippen molar-refractivity contribution < 1.29 is 27.7 Å². The number of sulfonamides is 1. The molecule has 0 saturated carbocycles. The van der Waals surface area contributed by atoms with Crippen LogP contribution in [0.4, 0.5) is 5.69 Å². The largest absolute Gasteiger partial charge is 0.361 e. The zero-order valence-corrected chi connectivity index (χ0v) is 18.0. The molecule has 3 aliphatic rings. The number of nitrogens with zero attached hydrogens (tertiary/aromatic N) is 2. The number of fused-ring (bicyclic) bond motifs is 5. The van der Waals surface area contributed by atoms with Crippen LogP contribution >= 0.6 is 0 Å². The van der Waals surface area contributed by atoms with Gasteiger partial charge in [-0.25, -0.2) is 13.1 Å². The van der Waals surface area contributed by atoms with E-state index >= 15 is 0 Å². The molecule has 0 aliphatic carbocycles. The summed E-state index contributed by atoms with van der Waals surface area (Å²) in [6.45, 7) is -0.110. The number of imide groups is 1. The van der Waals surface area contributed by atoms with Crippen LogP contribution in [0.5, 0.6) is 0 Å². The van der Waals surface area contributed by atoms with Crippen molar-refractivity contribution in [3.8, 4) is 0 Å². The number of carbonyl (C=O) groups is 2. The Labute approximate surface area is 189 Å². The topological polar surface area (TPSA) is 136 Å². The van der Waals surface area contributed by atoms with E-state index in [2.05, 4.69) is 4.72 Å². The Morgan fingerprint density at radius 1 is 1.06 bits per heavy atom. The number of likely N-dealkylation sites (tertiary alicyclic amines) is 1. The Balaban J connectivity index is 1.36. The fraction of sp³-hybridized carbons (Fsp3) is 0.273. The second-order valence-electron chi connectivity index (χ2n) is 8.22. The standard InChI is InChI=1S/C22H19N3O7S/c26-20-18-17-10-11-22(32-17,19(18)21(27)24(20)12-14-4-2-1-3-5-14)13-23-33(30,31)16-8-6-15(7-9-16)25(28)29/h1-11,17-19,23H,12-13H2/t17-,18+,19+,22+/m1/s1. The average molecular weight is 469 g/mol.